The third kappa shape index (κ3) is 3.64. The molecule has 16 heavy (non-hydrogen) atoms. The van der Waals surface area contributed by atoms with Crippen LogP contribution < -0.4 is 11.5 Å². The van der Waals surface area contributed by atoms with Gasteiger partial charge < -0.3 is 16.2 Å². The molecule has 4 nitrogen and oxygen atoms in total. The lowest BCUT2D eigenvalue weighted by molar-refractivity contribution is -0.147. The van der Waals surface area contributed by atoms with Gasteiger partial charge in [-0.3, -0.25) is 4.79 Å². The maximum absolute atomic E-state index is 11.8. The molecule has 0 aromatic carbocycles. The summed E-state index contributed by atoms with van der Waals surface area (Å²) in [6.07, 6.45) is -3.78. The van der Waals surface area contributed by atoms with Gasteiger partial charge in [0.1, 0.15) is 5.54 Å². The van der Waals surface area contributed by atoms with Gasteiger partial charge in [0, 0.05) is 0 Å². The van der Waals surface area contributed by atoms with Crippen LogP contribution in [0.5, 0.6) is 0 Å². The zero-order valence-electron chi connectivity index (χ0n) is 8.72. The van der Waals surface area contributed by atoms with Gasteiger partial charge in [0.15, 0.2) is 0 Å². The Morgan fingerprint density at radius 1 is 1.38 bits per heavy atom. The predicted molar refractivity (Wildman–Crippen MR) is 50.3 cm³/mol. The summed E-state index contributed by atoms with van der Waals surface area (Å²) in [5.41, 5.74) is 9.52. The topological polar surface area (TPSA) is 78.3 Å². The summed E-state index contributed by atoms with van der Waals surface area (Å²) in [5, 5.41) is 0. The molecule has 1 amide bonds. The number of hydrogen-bond donors (Lipinski definition) is 2. The van der Waals surface area contributed by atoms with Crippen LogP contribution in [-0.4, -0.2) is 30.8 Å². The molecular weight excluding hydrogens is 225 g/mol. The number of halogens is 3. The maximum atomic E-state index is 11.8. The van der Waals surface area contributed by atoms with Gasteiger partial charge in [0.2, 0.25) is 5.91 Å². The van der Waals surface area contributed by atoms with E-state index in [4.69, 9.17) is 16.2 Å². The fourth-order valence-corrected chi connectivity index (χ4v) is 1.42. The van der Waals surface area contributed by atoms with E-state index >= 15 is 0 Å². The molecular formula is C9H15F3N2O2. The van der Waals surface area contributed by atoms with Gasteiger partial charge in [-0.25, -0.2) is 0 Å². The summed E-state index contributed by atoms with van der Waals surface area (Å²) in [5.74, 6) is -0.780. The van der Waals surface area contributed by atoms with Gasteiger partial charge in [-0.2, -0.15) is 13.2 Å². The van der Waals surface area contributed by atoms with Crippen LogP contribution in [0.4, 0.5) is 13.2 Å². The van der Waals surface area contributed by atoms with Crippen molar-refractivity contribution in [1.29, 1.82) is 0 Å². The minimum atomic E-state index is -4.26. The Morgan fingerprint density at radius 3 is 2.31 bits per heavy atom. The zero-order chi connectivity index (χ0) is 12.4. The molecule has 0 aliphatic heterocycles. The van der Waals surface area contributed by atoms with E-state index in [1.165, 1.54) is 0 Å². The second-order valence-corrected chi connectivity index (χ2v) is 4.10. The third-order valence-electron chi connectivity index (χ3n) is 2.64. The van der Waals surface area contributed by atoms with Crippen molar-refractivity contribution in [2.45, 2.75) is 31.0 Å². The Labute approximate surface area is 91.1 Å². The largest absolute Gasteiger partial charge is 0.391 e. The second kappa shape index (κ2) is 4.58. The van der Waals surface area contributed by atoms with Crippen LogP contribution in [0.2, 0.25) is 0 Å². The number of carbonyl (C=O) groups is 1. The molecule has 0 heterocycles. The van der Waals surface area contributed by atoms with E-state index in [-0.39, 0.29) is 12.5 Å². The lowest BCUT2D eigenvalue weighted by Gasteiger charge is -2.25. The first-order chi connectivity index (χ1) is 7.26. The van der Waals surface area contributed by atoms with Crippen molar-refractivity contribution in [3.05, 3.63) is 0 Å². The molecule has 7 heteroatoms. The van der Waals surface area contributed by atoms with Gasteiger partial charge in [-0.05, 0) is 18.8 Å². The van der Waals surface area contributed by atoms with Crippen molar-refractivity contribution in [3.63, 3.8) is 0 Å². The van der Waals surface area contributed by atoms with Crippen LogP contribution >= 0.6 is 0 Å². The van der Waals surface area contributed by atoms with E-state index in [1.807, 2.05) is 0 Å². The first kappa shape index (κ1) is 13.2. The van der Waals surface area contributed by atoms with Gasteiger partial charge in [-0.15, -0.1) is 0 Å². The number of hydrogen-bond acceptors (Lipinski definition) is 3. The van der Waals surface area contributed by atoms with Gasteiger partial charge >= 0.3 is 6.18 Å². The number of rotatable bonds is 6. The quantitative estimate of drug-likeness (QED) is 0.665. The summed E-state index contributed by atoms with van der Waals surface area (Å²) in [7, 11) is 0. The zero-order valence-corrected chi connectivity index (χ0v) is 8.72. The number of amides is 1. The molecule has 1 aliphatic rings. The molecule has 0 aromatic rings. The molecule has 0 spiro atoms. The van der Waals surface area contributed by atoms with Crippen molar-refractivity contribution in [1.82, 2.24) is 0 Å². The van der Waals surface area contributed by atoms with Crippen molar-refractivity contribution in [3.8, 4) is 0 Å². The summed E-state index contributed by atoms with van der Waals surface area (Å²) in [4.78, 5) is 11.1. The van der Waals surface area contributed by atoms with Crippen molar-refractivity contribution < 1.29 is 22.7 Å². The Morgan fingerprint density at radius 2 is 1.94 bits per heavy atom. The molecule has 1 unspecified atom stereocenters. The summed E-state index contributed by atoms with van der Waals surface area (Å²) >= 11 is 0. The fraction of sp³-hybridized carbons (Fsp3) is 0.889. The van der Waals surface area contributed by atoms with Crippen molar-refractivity contribution in [2.24, 2.45) is 17.4 Å². The SMILES string of the molecule is NC(=O)C(N)(COCCC(F)(F)F)C1CC1. The highest BCUT2D eigenvalue weighted by Crippen LogP contribution is 2.38. The van der Waals surface area contributed by atoms with E-state index < -0.39 is 30.7 Å². The molecule has 0 aromatic heterocycles. The van der Waals surface area contributed by atoms with E-state index in [0.29, 0.717) is 0 Å². The number of primary amides is 1. The molecule has 0 radical (unpaired) electrons. The van der Waals surface area contributed by atoms with E-state index in [0.717, 1.165) is 12.8 Å². The first-order valence-corrected chi connectivity index (χ1v) is 4.99. The van der Waals surface area contributed by atoms with E-state index in [9.17, 15) is 18.0 Å². The highest BCUT2D eigenvalue weighted by Gasteiger charge is 2.47. The number of ether oxygens (including phenoxy) is 1. The second-order valence-electron chi connectivity index (χ2n) is 4.10. The molecule has 1 atom stereocenters. The maximum Gasteiger partial charge on any atom is 0.391 e. The van der Waals surface area contributed by atoms with Gasteiger partial charge in [-0.1, -0.05) is 0 Å². The van der Waals surface area contributed by atoms with Crippen molar-refractivity contribution >= 4 is 5.91 Å². The van der Waals surface area contributed by atoms with E-state index in [2.05, 4.69) is 0 Å². The Hall–Kier alpha value is -0.820. The minimum Gasteiger partial charge on any atom is -0.379 e. The van der Waals surface area contributed by atoms with Crippen LogP contribution in [0.3, 0.4) is 0 Å². The molecule has 1 rings (SSSR count). The van der Waals surface area contributed by atoms with Crippen molar-refractivity contribution in [2.75, 3.05) is 13.2 Å². The number of carbonyl (C=O) groups excluding carboxylic acids is 1. The molecule has 1 saturated carbocycles. The first-order valence-electron chi connectivity index (χ1n) is 4.99. The Balaban J connectivity index is 2.32. The summed E-state index contributed by atoms with van der Waals surface area (Å²) in [6, 6.07) is 0. The van der Waals surface area contributed by atoms with E-state index in [1.54, 1.807) is 0 Å². The summed E-state index contributed by atoms with van der Waals surface area (Å²) < 4.78 is 40.2. The van der Waals surface area contributed by atoms with Crippen LogP contribution in [0.15, 0.2) is 0 Å². The molecule has 4 N–H and O–H groups in total. The number of alkyl halides is 3. The molecule has 1 aliphatic carbocycles. The smallest absolute Gasteiger partial charge is 0.379 e. The fourth-order valence-electron chi connectivity index (χ4n) is 1.42. The molecule has 0 saturated heterocycles. The van der Waals surface area contributed by atoms with Gasteiger partial charge in [0.25, 0.3) is 0 Å². The van der Waals surface area contributed by atoms with Crippen LogP contribution in [0.1, 0.15) is 19.3 Å². The van der Waals surface area contributed by atoms with Gasteiger partial charge in [0.05, 0.1) is 19.6 Å². The normalized spacial score (nSPS) is 20.5. The highest BCUT2D eigenvalue weighted by atomic mass is 19.4. The van der Waals surface area contributed by atoms with Crippen LogP contribution in [0, 0.1) is 5.92 Å². The number of nitrogens with two attached hydrogens (primary N) is 2. The average molecular weight is 240 g/mol. The molecule has 1 fully saturated rings. The lowest BCUT2D eigenvalue weighted by atomic mass is 9.95. The van der Waals surface area contributed by atoms with Crippen LogP contribution in [-0.2, 0) is 9.53 Å². The summed E-state index contributed by atoms with van der Waals surface area (Å²) in [6.45, 7) is -0.745. The Kier molecular flexibility index (Phi) is 3.80. The standard InChI is InChI=1S/C9H15F3N2O2/c10-9(11,12)3-4-16-5-8(14,7(13)15)6-1-2-6/h6H,1-5,14H2,(H2,13,15). The third-order valence-corrected chi connectivity index (χ3v) is 2.64. The average Bonchev–Trinajstić information content (AvgIpc) is 2.93. The highest BCUT2D eigenvalue weighted by molar-refractivity contribution is 5.85. The predicted octanol–water partition coefficient (Wildman–Crippen LogP) is 0.548. The molecule has 0 bridgehead atoms. The minimum absolute atomic E-state index is 0.0594. The molecule has 94 valence electrons. The monoisotopic (exact) mass is 240 g/mol. The lowest BCUT2D eigenvalue weighted by Crippen LogP contribution is -2.57. The van der Waals surface area contributed by atoms with Crippen LogP contribution in [0.25, 0.3) is 0 Å². The Bertz CT molecular complexity index is 266.